The molecule has 2 heterocycles. The molecule has 4 rings (SSSR count). The molecule has 0 atom stereocenters. The van der Waals surface area contributed by atoms with Gasteiger partial charge in [-0.15, -0.1) is 0 Å². The van der Waals surface area contributed by atoms with Crippen molar-refractivity contribution in [2.45, 2.75) is 30.2 Å². The van der Waals surface area contributed by atoms with Gasteiger partial charge in [0.2, 0.25) is 10.0 Å². The fourth-order valence-corrected chi connectivity index (χ4v) is 4.28. The summed E-state index contributed by atoms with van der Waals surface area (Å²) >= 11 is 1.01. The number of nitrogens with one attached hydrogen (secondary N) is 1. The lowest BCUT2D eigenvalue weighted by atomic mass is 10.1. The summed E-state index contributed by atoms with van der Waals surface area (Å²) in [6.45, 7) is 0.212. The van der Waals surface area contributed by atoms with E-state index in [9.17, 15) is 8.42 Å². The van der Waals surface area contributed by atoms with Gasteiger partial charge in [0, 0.05) is 18.9 Å². The predicted molar refractivity (Wildman–Crippen MR) is 87.7 cm³/mol. The maximum atomic E-state index is 12.6. The summed E-state index contributed by atoms with van der Waals surface area (Å²) in [5.74, 6) is 0.592. The van der Waals surface area contributed by atoms with E-state index in [1.54, 1.807) is 24.4 Å². The average Bonchev–Trinajstić information content (AvgIpc) is 3.30. The first-order valence-corrected chi connectivity index (χ1v) is 9.49. The summed E-state index contributed by atoms with van der Waals surface area (Å²) in [5, 5.41) is 0. The van der Waals surface area contributed by atoms with Crippen LogP contribution in [0.4, 0.5) is 0 Å². The normalized spacial score (nSPS) is 15.1. The van der Waals surface area contributed by atoms with Crippen molar-refractivity contribution in [2.24, 2.45) is 0 Å². The number of hydrogen-bond acceptors (Lipinski definition) is 6. The molecule has 1 N–H and O–H groups in total. The average molecular weight is 346 g/mol. The lowest BCUT2D eigenvalue weighted by Crippen LogP contribution is -2.23. The van der Waals surface area contributed by atoms with Gasteiger partial charge in [0.05, 0.1) is 11.7 Å². The van der Waals surface area contributed by atoms with Gasteiger partial charge >= 0.3 is 0 Å². The number of benzene rings is 1. The Bertz CT molecular complexity index is 964. The number of rotatable bonds is 5. The van der Waals surface area contributed by atoms with E-state index in [0.29, 0.717) is 17.0 Å². The fourth-order valence-electron chi connectivity index (χ4n) is 2.50. The number of aromatic nitrogens is 3. The second kappa shape index (κ2) is 5.63. The lowest BCUT2D eigenvalue weighted by molar-refractivity contribution is 0.582. The van der Waals surface area contributed by atoms with Crippen LogP contribution in [0.2, 0.25) is 0 Å². The standard InChI is InChI=1S/C15H14N4O2S2/c20-23(21,14-3-1-2-13-15(14)19-22-18-13)17-8-10-6-12(9-16-7-10)11-4-5-11/h1-3,6-7,9,11,17H,4-5,8H2. The molecule has 1 aromatic carbocycles. The van der Waals surface area contributed by atoms with Crippen LogP contribution in [0.15, 0.2) is 41.6 Å². The van der Waals surface area contributed by atoms with E-state index in [1.807, 2.05) is 12.3 Å². The van der Waals surface area contributed by atoms with Gasteiger partial charge in [-0.3, -0.25) is 4.98 Å². The summed E-state index contributed by atoms with van der Waals surface area (Å²) in [5.41, 5.74) is 3.05. The van der Waals surface area contributed by atoms with Crippen LogP contribution in [0.25, 0.3) is 11.0 Å². The Balaban J connectivity index is 1.58. The Morgan fingerprint density at radius 3 is 2.91 bits per heavy atom. The van der Waals surface area contributed by atoms with Crippen LogP contribution >= 0.6 is 11.7 Å². The largest absolute Gasteiger partial charge is 0.264 e. The number of fused-ring (bicyclic) bond motifs is 1. The van der Waals surface area contributed by atoms with E-state index in [0.717, 1.165) is 17.3 Å². The number of nitrogens with zero attached hydrogens (tertiary/aromatic N) is 3. The SMILES string of the molecule is O=S(=O)(NCc1cncc(C2CC2)c1)c1cccc2nsnc12. The molecule has 8 heteroatoms. The Hall–Kier alpha value is -1.90. The third-order valence-corrected chi connectivity index (χ3v) is 5.85. The minimum absolute atomic E-state index is 0.162. The molecule has 6 nitrogen and oxygen atoms in total. The van der Waals surface area contributed by atoms with E-state index in [4.69, 9.17) is 0 Å². The zero-order valence-corrected chi connectivity index (χ0v) is 13.8. The van der Waals surface area contributed by atoms with Crippen molar-refractivity contribution >= 4 is 32.8 Å². The van der Waals surface area contributed by atoms with Crippen LogP contribution in [-0.4, -0.2) is 22.1 Å². The molecule has 0 bridgehead atoms. The zero-order chi connectivity index (χ0) is 15.9. The second-order valence-corrected chi connectivity index (χ2v) is 7.88. The van der Waals surface area contributed by atoms with Crippen LogP contribution in [0, 0.1) is 0 Å². The highest BCUT2D eigenvalue weighted by atomic mass is 32.2. The van der Waals surface area contributed by atoms with Gasteiger partial charge < -0.3 is 0 Å². The molecular formula is C15H14N4O2S2. The molecule has 0 amide bonds. The molecule has 23 heavy (non-hydrogen) atoms. The van der Waals surface area contributed by atoms with Gasteiger partial charge in [-0.25, -0.2) is 13.1 Å². The van der Waals surface area contributed by atoms with Crippen LogP contribution in [-0.2, 0) is 16.6 Å². The first kappa shape index (κ1) is 14.7. The first-order chi connectivity index (χ1) is 11.1. The van der Waals surface area contributed by atoms with E-state index < -0.39 is 10.0 Å². The summed E-state index contributed by atoms with van der Waals surface area (Å²) < 4.78 is 35.9. The van der Waals surface area contributed by atoms with Crippen LogP contribution in [0.1, 0.15) is 29.9 Å². The first-order valence-electron chi connectivity index (χ1n) is 7.28. The smallest absolute Gasteiger partial charge is 0.243 e. The quantitative estimate of drug-likeness (QED) is 0.767. The van der Waals surface area contributed by atoms with Gasteiger partial charge in [-0.05, 0) is 42.0 Å². The highest BCUT2D eigenvalue weighted by molar-refractivity contribution is 7.89. The predicted octanol–water partition coefficient (Wildman–Crippen LogP) is 2.44. The Morgan fingerprint density at radius 2 is 2.09 bits per heavy atom. The summed E-state index contributed by atoms with van der Waals surface area (Å²) in [7, 11) is -3.65. The Morgan fingerprint density at radius 1 is 1.22 bits per heavy atom. The van der Waals surface area contributed by atoms with Crippen LogP contribution in [0.3, 0.4) is 0 Å². The van der Waals surface area contributed by atoms with Crippen molar-refractivity contribution in [3.63, 3.8) is 0 Å². The Kier molecular flexibility index (Phi) is 3.59. The van der Waals surface area contributed by atoms with Crippen LogP contribution in [0.5, 0.6) is 0 Å². The molecule has 0 spiro atoms. The molecule has 1 saturated carbocycles. The topological polar surface area (TPSA) is 84.8 Å². The van der Waals surface area contributed by atoms with E-state index in [-0.39, 0.29) is 11.4 Å². The molecule has 0 radical (unpaired) electrons. The summed E-state index contributed by atoms with van der Waals surface area (Å²) in [4.78, 5) is 4.37. The third kappa shape index (κ3) is 2.97. The van der Waals surface area contributed by atoms with Gasteiger partial charge in [-0.1, -0.05) is 12.1 Å². The molecule has 2 aromatic heterocycles. The zero-order valence-electron chi connectivity index (χ0n) is 12.1. The van der Waals surface area contributed by atoms with Crippen molar-refractivity contribution < 1.29 is 8.42 Å². The highest BCUT2D eigenvalue weighted by Gasteiger charge is 2.24. The molecule has 3 aromatic rings. The fraction of sp³-hybridized carbons (Fsp3) is 0.267. The van der Waals surface area contributed by atoms with Gasteiger partial charge in [0.1, 0.15) is 15.9 Å². The van der Waals surface area contributed by atoms with Crippen molar-refractivity contribution in [2.75, 3.05) is 0 Å². The van der Waals surface area contributed by atoms with Crippen molar-refractivity contribution in [1.29, 1.82) is 0 Å². The molecule has 0 aliphatic heterocycles. The number of pyridine rings is 1. The maximum absolute atomic E-state index is 12.6. The molecule has 1 aliphatic carbocycles. The van der Waals surface area contributed by atoms with Crippen LogP contribution < -0.4 is 4.72 Å². The van der Waals surface area contributed by atoms with E-state index >= 15 is 0 Å². The minimum atomic E-state index is -3.65. The Labute approximate surface area is 138 Å². The van der Waals surface area contributed by atoms with Crippen molar-refractivity contribution in [1.82, 2.24) is 18.5 Å². The van der Waals surface area contributed by atoms with Crippen molar-refractivity contribution in [3.05, 3.63) is 47.8 Å². The van der Waals surface area contributed by atoms with E-state index in [2.05, 4.69) is 18.5 Å². The minimum Gasteiger partial charge on any atom is -0.264 e. The molecule has 0 saturated heterocycles. The highest BCUT2D eigenvalue weighted by Crippen LogP contribution is 2.39. The molecule has 1 aliphatic rings. The van der Waals surface area contributed by atoms with Gasteiger partial charge in [0.25, 0.3) is 0 Å². The van der Waals surface area contributed by atoms with Gasteiger partial charge in [0.15, 0.2) is 0 Å². The van der Waals surface area contributed by atoms with Crippen molar-refractivity contribution in [3.8, 4) is 0 Å². The second-order valence-electron chi connectivity index (χ2n) is 5.61. The maximum Gasteiger partial charge on any atom is 0.243 e. The molecule has 118 valence electrons. The third-order valence-electron chi connectivity index (χ3n) is 3.87. The number of sulfonamides is 1. The molecule has 0 unspecified atom stereocenters. The number of hydrogen-bond donors (Lipinski definition) is 1. The molecular weight excluding hydrogens is 332 g/mol. The van der Waals surface area contributed by atoms with E-state index in [1.165, 1.54) is 18.4 Å². The molecule has 1 fully saturated rings. The lowest BCUT2D eigenvalue weighted by Gasteiger charge is -2.08. The van der Waals surface area contributed by atoms with Gasteiger partial charge in [-0.2, -0.15) is 8.75 Å². The monoisotopic (exact) mass is 346 g/mol. The summed E-state index contributed by atoms with van der Waals surface area (Å²) in [6.07, 6.45) is 5.93. The summed E-state index contributed by atoms with van der Waals surface area (Å²) in [6, 6.07) is 7.00.